The molecule has 7 nitrogen and oxygen atoms in total. The van der Waals surface area contributed by atoms with Crippen LogP contribution in [-0.2, 0) is 0 Å². The monoisotopic (exact) mass is 166 g/mol. The molecular weight excluding hydrogens is 148 g/mol. The number of hydrogen-bond acceptors (Lipinski definition) is 2. The largest absolute Gasteiger partial charge is 0.412 e. The lowest BCUT2D eigenvalue weighted by atomic mass is 10.5. The summed E-state index contributed by atoms with van der Waals surface area (Å²) in [6, 6.07) is 0. The van der Waals surface area contributed by atoms with Crippen LogP contribution in [0.5, 0.6) is 0 Å². The van der Waals surface area contributed by atoms with Crippen LogP contribution in [-0.4, -0.2) is 50.3 Å². The van der Waals surface area contributed by atoms with Gasteiger partial charge >= 0.3 is 0 Å². The van der Waals surface area contributed by atoms with Crippen molar-refractivity contribution >= 4 is 0 Å². The molecule has 0 aromatic heterocycles. The Labute approximate surface area is 58.5 Å². The van der Waals surface area contributed by atoms with Gasteiger partial charge in [0.25, 0.3) is 0 Å². The topological polar surface area (TPSA) is 198 Å². The van der Waals surface area contributed by atoms with Crippen molar-refractivity contribution in [3.05, 3.63) is 0 Å². The Bertz CT molecular complexity index is 22.8. The summed E-state index contributed by atoms with van der Waals surface area (Å²) >= 11 is 0. The molecule has 0 spiro atoms. The Morgan fingerprint density at radius 3 is 1.10 bits per heavy atom. The van der Waals surface area contributed by atoms with E-state index in [1.165, 1.54) is 6.92 Å². The molecule has 0 rings (SSSR count). The summed E-state index contributed by atoms with van der Waals surface area (Å²) in [4.78, 5) is 0. The minimum Gasteiger partial charge on any atom is -0.412 e. The molecule has 12 N–H and O–H groups in total. The third-order valence-electron chi connectivity index (χ3n) is 0.264. The van der Waals surface area contributed by atoms with Crippen LogP contribution in [0, 0.1) is 0 Å². The third-order valence-corrected chi connectivity index (χ3v) is 0.264. The Morgan fingerprint density at radius 2 is 1.10 bits per heavy atom. The van der Waals surface area contributed by atoms with E-state index >= 15 is 0 Å². The van der Waals surface area contributed by atoms with E-state index in [-0.39, 0.29) is 34.0 Å². The van der Waals surface area contributed by atoms with Crippen LogP contribution in [0.25, 0.3) is 0 Å². The fourth-order valence-electron chi connectivity index (χ4n) is 0. The summed E-state index contributed by atoms with van der Waals surface area (Å²) in [6.45, 7) is 1.39. The van der Waals surface area contributed by atoms with Crippen LogP contribution in [0.3, 0.4) is 0 Å². The van der Waals surface area contributed by atoms with Gasteiger partial charge in [-0.3, -0.25) is 0 Å². The molecule has 0 saturated carbocycles. The highest BCUT2D eigenvalue weighted by Gasteiger charge is 1.83. The Kier molecular flexibility index (Phi) is 201. The van der Waals surface area contributed by atoms with Gasteiger partial charge in [0.15, 0.2) is 0 Å². The van der Waals surface area contributed by atoms with Gasteiger partial charge in [0.2, 0.25) is 0 Å². The van der Waals surface area contributed by atoms with E-state index in [4.69, 9.17) is 10.2 Å². The average Bonchev–Trinajstić information content (AvgIpc) is 1.38. The van der Waals surface area contributed by atoms with Crippen molar-refractivity contribution < 1.29 is 37.6 Å². The molecule has 10 heavy (non-hydrogen) atoms. The van der Waals surface area contributed by atoms with Crippen molar-refractivity contribution in [1.29, 1.82) is 0 Å². The van der Waals surface area contributed by atoms with Crippen LogP contribution >= 0.6 is 0 Å². The SMILES string of the molecule is CC(O)CO.O.O.O.O.O. The highest BCUT2D eigenvalue weighted by atomic mass is 16.3. The second kappa shape index (κ2) is 37.6. The Hall–Kier alpha value is -0.280. The summed E-state index contributed by atoms with van der Waals surface area (Å²) in [7, 11) is 0. The lowest BCUT2D eigenvalue weighted by molar-refractivity contribution is 0.110. The molecule has 0 aliphatic rings. The predicted octanol–water partition coefficient (Wildman–Crippen LogP) is -4.76. The van der Waals surface area contributed by atoms with Crippen molar-refractivity contribution in [2.45, 2.75) is 13.0 Å². The lowest BCUT2D eigenvalue weighted by Gasteiger charge is -1.90. The van der Waals surface area contributed by atoms with Gasteiger partial charge in [-0.05, 0) is 6.92 Å². The van der Waals surface area contributed by atoms with E-state index in [1.54, 1.807) is 0 Å². The molecular formula is C3H18O7. The lowest BCUT2D eigenvalue weighted by Crippen LogP contribution is -2.03. The zero-order valence-electron chi connectivity index (χ0n) is 5.68. The number of rotatable bonds is 1. The highest BCUT2D eigenvalue weighted by molar-refractivity contribution is 4.33. The van der Waals surface area contributed by atoms with E-state index < -0.39 is 6.10 Å². The summed E-state index contributed by atoms with van der Waals surface area (Å²) in [5.41, 5.74) is 0. The predicted molar refractivity (Wildman–Crippen MR) is 36.8 cm³/mol. The van der Waals surface area contributed by atoms with E-state index in [2.05, 4.69) is 0 Å². The zero-order valence-corrected chi connectivity index (χ0v) is 5.68. The second-order valence-corrected chi connectivity index (χ2v) is 1.03. The van der Waals surface area contributed by atoms with Gasteiger partial charge < -0.3 is 37.6 Å². The summed E-state index contributed by atoms with van der Waals surface area (Å²) in [6.07, 6.45) is -0.560. The quantitative estimate of drug-likeness (QED) is 0.394. The average molecular weight is 166 g/mol. The molecule has 1 atom stereocenters. The van der Waals surface area contributed by atoms with Crippen LogP contribution < -0.4 is 0 Å². The first-order chi connectivity index (χ1) is 2.27. The molecule has 0 aliphatic carbocycles. The summed E-state index contributed by atoms with van der Waals surface area (Å²) in [5.74, 6) is 0. The minimum atomic E-state index is -0.560. The smallest absolute Gasteiger partial charge is 0.0742 e. The minimum absolute atomic E-state index is 0. The first kappa shape index (κ1) is 53.4. The van der Waals surface area contributed by atoms with Gasteiger partial charge in [-0.2, -0.15) is 0 Å². The molecule has 0 bridgehead atoms. The molecule has 0 heterocycles. The maximum Gasteiger partial charge on any atom is 0.0742 e. The van der Waals surface area contributed by atoms with Gasteiger partial charge in [-0.1, -0.05) is 0 Å². The van der Waals surface area contributed by atoms with Crippen molar-refractivity contribution in [1.82, 2.24) is 0 Å². The molecule has 72 valence electrons. The number of aliphatic hydroxyl groups is 2. The van der Waals surface area contributed by atoms with Crippen molar-refractivity contribution in [3.8, 4) is 0 Å². The van der Waals surface area contributed by atoms with Gasteiger partial charge in [0.1, 0.15) is 0 Å². The molecule has 7 heteroatoms. The van der Waals surface area contributed by atoms with Crippen molar-refractivity contribution in [3.63, 3.8) is 0 Å². The van der Waals surface area contributed by atoms with Gasteiger partial charge in [0.05, 0.1) is 12.7 Å². The first-order valence-electron chi connectivity index (χ1n) is 1.56. The fraction of sp³-hybridized carbons (Fsp3) is 1.00. The molecule has 0 aromatic carbocycles. The van der Waals surface area contributed by atoms with Crippen molar-refractivity contribution in [2.24, 2.45) is 0 Å². The fourth-order valence-corrected chi connectivity index (χ4v) is 0. The molecule has 0 fully saturated rings. The van der Waals surface area contributed by atoms with Gasteiger partial charge in [-0.15, -0.1) is 0 Å². The first-order valence-corrected chi connectivity index (χ1v) is 1.56. The number of hydrogen-bond donors (Lipinski definition) is 2. The molecule has 0 amide bonds. The second-order valence-electron chi connectivity index (χ2n) is 1.03. The van der Waals surface area contributed by atoms with Gasteiger partial charge in [0, 0.05) is 0 Å². The normalized spacial score (nSPS) is 7.50. The Balaban J connectivity index is -0.00000000800. The highest BCUT2D eigenvalue weighted by Crippen LogP contribution is 1.68. The standard InChI is InChI=1S/C3H8O2.5H2O/c1-3(5)2-4;;;;;/h3-5H,2H2,1H3;5*1H2. The number of aliphatic hydroxyl groups excluding tert-OH is 2. The van der Waals surface area contributed by atoms with E-state index in [9.17, 15) is 0 Å². The van der Waals surface area contributed by atoms with Crippen LogP contribution in [0.4, 0.5) is 0 Å². The Morgan fingerprint density at radius 1 is 1.00 bits per heavy atom. The van der Waals surface area contributed by atoms with Crippen LogP contribution in [0.1, 0.15) is 6.92 Å². The summed E-state index contributed by atoms with van der Waals surface area (Å²) in [5, 5.41) is 16.0. The van der Waals surface area contributed by atoms with Crippen molar-refractivity contribution in [2.75, 3.05) is 6.61 Å². The van der Waals surface area contributed by atoms with Crippen LogP contribution in [0.2, 0.25) is 0 Å². The van der Waals surface area contributed by atoms with Crippen LogP contribution in [0.15, 0.2) is 0 Å². The molecule has 0 radical (unpaired) electrons. The molecule has 0 aliphatic heterocycles. The maximum atomic E-state index is 8.11. The molecule has 1 unspecified atom stereocenters. The van der Waals surface area contributed by atoms with E-state index in [0.29, 0.717) is 0 Å². The molecule has 0 aromatic rings. The third kappa shape index (κ3) is 118. The van der Waals surface area contributed by atoms with E-state index in [0.717, 1.165) is 0 Å². The molecule has 0 saturated heterocycles. The van der Waals surface area contributed by atoms with Gasteiger partial charge in [-0.25, -0.2) is 0 Å². The summed E-state index contributed by atoms with van der Waals surface area (Å²) < 4.78 is 0. The van der Waals surface area contributed by atoms with E-state index in [1.807, 2.05) is 0 Å². The zero-order chi connectivity index (χ0) is 4.28. The maximum absolute atomic E-state index is 8.11.